The van der Waals surface area contributed by atoms with Gasteiger partial charge in [-0.1, -0.05) is 6.07 Å². The van der Waals surface area contributed by atoms with E-state index in [9.17, 15) is 9.90 Å². The van der Waals surface area contributed by atoms with Gasteiger partial charge in [-0.15, -0.1) is 12.4 Å². The maximum atomic E-state index is 10.9. The molecule has 4 nitrogen and oxygen atoms in total. The molecule has 0 unspecified atom stereocenters. The van der Waals surface area contributed by atoms with E-state index in [2.05, 4.69) is 5.32 Å². The smallest absolute Gasteiger partial charge is 0.248 e. The van der Waals surface area contributed by atoms with E-state index in [1.54, 1.807) is 6.07 Å². The quantitative estimate of drug-likeness (QED) is 0.748. The first-order valence-corrected chi connectivity index (χ1v) is 5.52. The van der Waals surface area contributed by atoms with Crippen LogP contribution in [0.15, 0.2) is 18.2 Å². The largest absolute Gasteiger partial charge is 0.508 e. The standard InChI is InChI=1S/C12H16N2O2.ClH/c13-12(16)9-1-2-10(11(15)7-9)8-3-5-14-6-4-8;/h1-2,7-8,14-15H,3-6H2,(H2,13,16);1H. The number of amides is 1. The Kier molecular flexibility index (Phi) is 4.78. The molecule has 0 spiro atoms. The molecule has 17 heavy (non-hydrogen) atoms. The van der Waals surface area contributed by atoms with Crippen LogP contribution in [0.25, 0.3) is 0 Å². The third-order valence-electron chi connectivity index (χ3n) is 3.09. The minimum Gasteiger partial charge on any atom is -0.508 e. The molecule has 94 valence electrons. The number of aromatic hydroxyl groups is 1. The lowest BCUT2D eigenvalue weighted by Gasteiger charge is -2.23. The number of carbonyl (C=O) groups is 1. The van der Waals surface area contributed by atoms with Crippen molar-refractivity contribution in [2.45, 2.75) is 18.8 Å². The minimum atomic E-state index is -0.507. The molecule has 0 radical (unpaired) electrons. The Morgan fingerprint density at radius 2 is 2.00 bits per heavy atom. The van der Waals surface area contributed by atoms with Crippen molar-refractivity contribution >= 4 is 18.3 Å². The number of rotatable bonds is 2. The monoisotopic (exact) mass is 256 g/mol. The van der Waals surface area contributed by atoms with Crippen LogP contribution in [0.2, 0.25) is 0 Å². The van der Waals surface area contributed by atoms with Gasteiger partial charge in [0.05, 0.1) is 0 Å². The van der Waals surface area contributed by atoms with Gasteiger partial charge in [-0.05, 0) is 49.5 Å². The molecule has 2 rings (SSSR count). The summed E-state index contributed by atoms with van der Waals surface area (Å²) in [6.45, 7) is 1.95. The predicted molar refractivity (Wildman–Crippen MR) is 68.7 cm³/mol. The van der Waals surface area contributed by atoms with E-state index in [1.807, 2.05) is 6.07 Å². The van der Waals surface area contributed by atoms with Gasteiger partial charge in [-0.25, -0.2) is 0 Å². The summed E-state index contributed by atoms with van der Waals surface area (Å²) in [4.78, 5) is 10.9. The fourth-order valence-corrected chi connectivity index (χ4v) is 2.18. The molecule has 0 bridgehead atoms. The summed E-state index contributed by atoms with van der Waals surface area (Å²) in [6.07, 6.45) is 2.03. The van der Waals surface area contributed by atoms with Crippen molar-refractivity contribution in [3.05, 3.63) is 29.3 Å². The summed E-state index contributed by atoms with van der Waals surface area (Å²) in [7, 11) is 0. The molecule has 1 amide bonds. The second kappa shape index (κ2) is 5.89. The predicted octanol–water partition coefficient (Wildman–Crippen LogP) is 1.38. The first kappa shape index (κ1) is 13.8. The SMILES string of the molecule is Cl.NC(=O)c1ccc(C2CCNCC2)c(O)c1. The lowest BCUT2D eigenvalue weighted by Crippen LogP contribution is -2.26. The Labute approximate surface area is 107 Å². The van der Waals surface area contributed by atoms with Crippen molar-refractivity contribution in [3.8, 4) is 5.75 Å². The molecule has 4 N–H and O–H groups in total. The van der Waals surface area contributed by atoms with Gasteiger partial charge in [-0.3, -0.25) is 4.79 Å². The fourth-order valence-electron chi connectivity index (χ4n) is 2.18. The first-order chi connectivity index (χ1) is 7.68. The van der Waals surface area contributed by atoms with Gasteiger partial charge in [0.1, 0.15) is 5.75 Å². The lowest BCUT2D eigenvalue weighted by molar-refractivity contribution is 0.1000. The Balaban J connectivity index is 0.00000144. The lowest BCUT2D eigenvalue weighted by atomic mass is 9.89. The number of nitrogens with two attached hydrogens (primary N) is 1. The average molecular weight is 257 g/mol. The molecule has 5 heteroatoms. The van der Waals surface area contributed by atoms with Gasteiger partial charge in [-0.2, -0.15) is 0 Å². The number of hydrogen-bond acceptors (Lipinski definition) is 3. The van der Waals surface area contributed by atoms with Crippen molar-refractivity contribution < 1.29 is 9.90 Å². The van der Waals surface area contributed by atoms with Crippen LogP contribution < -0.4 is 11.1 Å². The zero-order valence-electron chi connectivity index (χ0n) is 9.48. The maximum absolute atomic E-state index is 10.9. The van der Waals surface area contributed by atoms with Crippen LogP contribution in [-0.2, 0) is 0 Å². The first-order valence-electron chi connectivity index (χ1n) is 5.52. The normalized spacial score (nSPS) is 16.2. The summed E-state index contributed by atoms with van der Waals surface area (Å²) in [6, 6.07) is 4.95. The highest BCUT2D eigenvalue weighted by atomic mass is 35.5. The summed E-state index contributed by atoms with van der Waals surface area (Å²) in [5.74, 6) is 0.0542. The van der Waals surface area contributed by atoms with E-state index in [0.717, 1.165) is 31.5 Å². The molecule has 1 saturated heterocycles. The van der Waals surface area contributed by atoms with E-state index in [1.165, 1.54) is 6.07 Å². The topological polar surface area (TPSA) is 75.4 Å². The van der Waals surface area contributed by atoms with Crippen LogP contribution in [-0.4, -0.2) is 24.1 Å². The number of carbonyl (C=O) groups excluding carboxylic acids is 1. The van der Waals surface area contributed by atoms with Gasteiger partial charge in [0.15, 0.2) is 0 Å². The molecule has 0 aromatic heterocycles. The molecular formula is C12H17ClN2O2. The summed E-state index contributed by atoms with van der Waals surface area (Å²) >= 11 is 0. The number of phenolic OH excluding ortho intramolecular Hbond substituents is 1. The number of hydrogen-bond donors (Lipinski definition) is 3. The number of piperidine rings is 1. The van der Waals surface area contributed by atoms with Crippen LogP contribution in [0.3, 0.4) is 0 Å². The molecule has 1 fully saturated rings. The summed E-state index contributed by atoms with van der Waals surface area (Å²) in [5.41, 5.74) is 6.43. The third-order valence-corrected chi connectivity index (χ3v) is 3.09. The van der Waals surface area contributed by atoms with E-state index in [-0.39, 0.29) is 18.2 Å². The Bertz CT molecular complexity index is 403. The molecule has 1 aliphatic rings. The fraction of sp³-hybridized carbons (Fsp3) is 0.417. The highest BCUT2D eigenvalue weighted by Gasteiger charge is 2.18. The zero-order chi connectivity index (χ0) is 11.5. The Morgan fingerprint density at radius 1 is 1.35 bits per heavy atom. The molecular weight excluding hydrogens is 240 g/mol. The molecule has 1 aromatic rings. The van der Waals surface area contributed by atoms with Crippen molar-refractivity contribution in [1.29, 1.82) is 0 Å². The molecule has 0 aliphatic carbocycles. The average Bonchev–Trinajstić information content (AvgIpc) is 2.30. The second-order valence-electron chi connectivity index (χ2n) is 4.16. The van der Waals surface area contributed by atoms with Crippen LogP contribution in [0.4, 0.5) is 0 Å². The molecule has 0 atom stereocenters. The van der Waals surface area contributed by atoms with Crippen LogP contribution in [0.1, 0.15) is 34.7 Å². The van der Waals surface area contributed by atoms with Crippen LogP contribution >= 0.6 is 12.4 Å². The minimum absolute atomic E-state index is 0. The van der Waals surface area contributed by atoms with Gasteiger partial charge in [0, 0.05) is 5.56 Å². The number of primary amides is 1. The van der Waals surface area contributed by atoms with Crippen LogP contribution in [0.5, 0.6) is 5.75 Å². The van der Waals surface area contributed by atoms with E-state index >= 15 is 0 Å². The highest BCUT2D eigenvalue weighted by molar-refractivity contribution is 5.93. The summed E-state index contributed by atoms with van der Waals surface area (Å²) < 4.78 is 0. The van der Waals surface area contributed by atoms with Crippen LogP contribution in [0, 0.1) is 0 Å². The van der Waals surface area contributed by atoms with Crippen molar-refractivity contribution in [2.75, 3.05) is 13.1 Å². The van der Waals surface area contributed by atoms with E-state index < -0.39 is 5.91 Å². The van der Waals surface area contributed by atoms with Crippen molar-refractivity contribution in [2.24, 2.45) is 5.73 Å². The number of halogens is 1. The van der Waals surface area contributed by atoms with Gasteiger partial charge in [0.25, 0.3) is 0 Å². The van der Waals surface area contributed by atoms with Gasteiger partial charge in [0.2, 0.25) is 5.91 Å². The molecule has 0 saturated carbocycles. The second-order valence-corrected chi connectivity index (χ2v) is 4.16. The number of benzene rings is 1. The zero-order valence-corrected chi connectivity index (χ0v) is 10.3. The van der Waals surface area contributed by atoms with Crippen molar-refractivity contribution in [1.82, 2.24) is 5.32 Å². The summed E-state index contributed by atoms with van der Waals surface area (Å²) in [5, 5.41) is 13.1. The highest BCUT2D eigenvalue weighted by Crippen LogP contribution is 2.32. The Morgan fingerprint density at radius 3 is 2.53 bits per heavy atom. The van der Waals surface area contributed by atoms with Gasteiger partial charge < -0.3 is 16.2 Å². The Hall–Kier alpha value is -1.26. The van der Waals surface area contributed by atoms with Crippen molar-refractivity contribution in [3.63, 3.8) is 0 Å². The molecule has 1 aliphatic heterocycles. The maximum Gasteiger partial charge on any atom is 0.248 e. The number of phenols is 1. The molecule has 1 heterocycles. The van der Waals surface area contributed by atoms with Gasteiger partial charge >= 0.3 is 0 Å². The molecule has 1 aromatic carbocycles. The third kappa shape index (κ3) is 3.11. The van der Waals surface area contributed by atoms with E-state index in [0.29, 0.717) is 11.5 Å². The number of nitrogens with one attached hydrogen (secondary N) is 1. The van der Waals surface area contributed by atoms with E-state index in [4.69, 9.17) is 5.73 Å².